The quantitative estimate of drug-likeness (QED) is 0.470. The first kappa shape index (κ1) is 18.7. The van der Waals surface area contributed by atoms with Crippen molar-refractivity contribution in [3.8, 4) is 34.1 Å². The van der Waals surface area contributed by atoms with Crippen molar-refractivity contribution in [1.29, 1.82) is 0 Å². The van der Waals surface area contributed by atoms with Crippen LogP contribution in [-0.2, 0) is 13.0 Å². The Kier molecular flexibility index (Phi) is 5.29. The summed E-state index contributed by atoms with van der Waals surface area (Å²) in [5.74, 6) is 2.46. The van der Waals surface area contributed by atoms with Gasteiger partial charge in [-0.1, -0.05) is 29.4 Å². The van der Waals surface area contributed by atoms with E-state index in [2.05, 4.69) is 28.2 Å². The second-order valence-corrected chi connectivity index (χ2v) is 6.49. The van der Waals surface area contributed by atoms with Crippen LogP contribution in [0.2, 0.25) is 0 Å². The molecule has 2 heterocycles. The van der Waals surface area contributed by atoms with E-state index in [4.69, 9.17) is 14.0 Å². The largest absolute Gasteiger partial charge is 0.493 e. The Labute approximate surface area is 168 Å². The molecule has 0 spiro atoms. The fourth-order valence-electron chi connectivity index (χ4n) is 3.26. The molecule has 0 aliphatic heterocycles. The van der Waals surface area contributed by atoms with Crippen molar-refractivity contribution >= 4 is 0 Å². The van der Waals surface area contributed by atoms with Crippen molar-refractivity contribution in [2.45, 2.75) is 19.9 Å². The Balaban J connectivity index is 1.58. The van der Waals surface area contributed by atoms with Gasteiger partial charge in [-0.25, -0.2) is 0 Å². The lowest BCUT2D eigenvalue weighted by atomic mass is 10.1. The maximum Gasteiger partial charge on any atom is 0.231 e. The topological polar surface area (TPSA) is 75.2 Å². The molecule has 2 aromatic carbocycles. The van der Waals surface area contributed by atoms with Gasteiger partial charge in [0.1, 0.15) is 0 Å². The molecule has 2 aromatic heterocycles. The van der Waals surface area contributed by atoms with E-state index in [1.54, 1.807) is 20.4 Å². The summed E-state index contributed by atoms with van der Waals surface area (Å²) in [6.07, 6.45) is 2.32. The van der Waals surface area contributed by atoms with E-state index < -0.39 is 0 Å². The number of aryl methyl sites for hydroxylation is 1. The van der Waals surface area contributed by atoms with E-state index >= 15 is 0 Å². The van der Waals surface area contributed by atoms with Crippen molar-refractivity contribution in [2.24, 2.45) is 0 Å². The van der Waals surface area contributed by atoms with Crippen LogP contribution in [-0.4, -0.2) is 34.1 Å². The van der Waals surface area contributed by atoms with E-state index in [9.17, 15) is 0 Å². The van der Waals surface area contributed by atoms with E-state index in [1.165, 1.54) is 0 Å². The summed E-state index contributed by atoms with van der Waals surface area (Å²) < 4.78 is 18.1. The van der Waals surface area contributed by atoms with Crippen LogP contribution in [0, 0.1) is 0 Å². The first-order valence-corrected chi connectivity index (χ1v) is 9.38. The molecule has 4 aromatic rings. The fraction of sp³-hybridized carbons (Fsp3) is 0.227. The Hall–Kier alpha value is -3.61. The maximum absolute atomic E-state index is 5.48. The van der Waals surface area contributed by atoms with E-state index in [1.807, 2.05) is 47.1 Å². The molecule has 0 radical (unpaired) electrons. The summed E-state index contributed by atoms with van der Waals surface area (Å²) in [6.45, 7) is 2.88. The molecule has 0 aliphatic carbocycles. The first-order chi connectivity index (χ1) is 14.2. The molecule has 0 amide bonds. The van der Waals surface area contributed by atoms with E-state index in [-0.39, 0.29) is 0 Å². The average molecular weight is 390 g/mol. The molecule has 0 aliphatic rings. The molecule has 0 unspecified atom stereocenters. The highest BCUT2D eigenvalue weighted by Gasteiger charge is 2.13. The number of methoxy groups -OCH3 is 2. The molecular weight excluding hydrogens is 368 g/mol. The van der Waals surface area contributed by atoms with Gasteiger partial charge in [0.05, 0.1) is 26.3 Å². The zero-order chi connectivity index (χ0) is 20.2. The van der Waals surface area contributed by atoms with Gasteiger partial charge in [0.25, 0.3) is 0 Å². The highest BCUT2D eigenvalue weighted by molar-refractivity contribution is 5.67. The normalized spacial score (nSPS) is 10.9. The van der Waals surface area contributed by atoms with Crippen LogP contribution >= 0.6 is 0 Å². The van der Waals surface area contributed by atoms with Gasteiger partial charge in [0.2, 0.25) is 11.7 Å². The van der Waals surface area contributed by atoms with Gasteiger partial charge in [-0.2, -0.15) is 10.1 Å². The van der Waals surface area contributed by atoms with E-state index in [0.717, 1.165) is 28.9 Å². The molecule has 7 nitrogen and oxygen atoms in total. The zero-order valence-corrected chi connectivity index (χ0v) is 16.6. The Bertz CT molecular complexity index is 1120. The third-order valence-corrected chi connectivity index (χ3v) is 4.70. The molecule has 29 heavy (non-hydrogen) atoms. The molecule has 148 valence electrons. The number of ether oxygens (including phenoxy) is 2. The minimum absolute atomic E-state index is 0.510. The van der Waals surface area contributed by atoms with Gasteiger partial charge in [-0.3, -0.25) is 4.68 Å². The van der Waals surface area contributed by atoms with Gasteiger partial charge in [-0.15, -0.1) is 0 Å². The Morgan fingerprint density at radius 2 is 1.79 bits per heavy atom. The molecule has 7 heteroatoms. The zero-order valence-electron chi connectivity index (χ0n) is 16.6. The van der Waals surface area contributed by atoms with Crippen LogP contribution < -0.4 is 9.47 Å². The van der Waals surface area contributed by atoms with Crippen LogP contribution in [0.4, 0.5) is 0 Å². The molecule has 0 atom stereocenters. The molecule has 0 fully saturated rings. The number of aromatic nitrogens is 4. The highest BCUT2D eigenvalue weighted by Crippen LogP contribution is 2.29. The summed E-state index contributed by atoms with van der Waals surface area (Å²) in [7, 11) is 3.23. The molecule has 0 N–H and O–H groups in total. The second-order valence-electron chi connectivity index (χ2n) is 6.49. The second kappa shape index (κ2) is 8.18. The summed E-state index contributed by atoms with van der Waals surface area (Å²) in [5.41, 5.74) is 4.02. The number of hydrogen-bond donors (Lipinski definition) is 0. The van der Waals surface area contributed by atoms with Crippen LogP contribution in [0.5, 0.6) is 11.5 Å². The van der Waals surface area contributed by atoms with Gasteiger partial charge >= 0.3 is 0 Å². The summed E-state index contributed by atoms with van der Waals surface area (Å²) in [6, 6.07) is 15.8. The van der Waals surface area contributed by atoms with Crippen molar-refractivity contribution < 1.29 is 14.0 Å². The average Bonchev–Trinajstić information content (AvgIpc) is 3.43. The lowest BCUT2D eigenvalue weighted by Crippen LogP contribution is -1.98. The maximum atomic E-state index is 5.48. The molecule has 0 bridgehead atoms. The number of hydrogen-bond acceptors (Lipinski definition) is 6. The van der Waals surface area contributed by atoms with Gasteiger partial charge < -0.3 is 14.0 Å². The lowest BCUT2D eigenvalue weighted by Gasteiger charge is -2.08. The van der Waals surface area contributed by atoms with Crippen molar-refractivity contribution in [2.75, 3.05) is 14.2 Å². The molecular formula is C22H22N4O3. The van der Waals surface area contributed by atoms with Crippen LogP contribution in [0.3, 0.4) is 0 Å². The van der Waals surface area contributed by atoms with Crippen LogP contribution in [0.15, 0.2) is 59.3 Å². The predicted molar refractivity (Wildman–Crippen MR) is 109 cm³/mol. The molecule has 4 rings (SSSR count). The lowest BCUT2D eigenvalue weighted by molar-refractivity contribution is 0.354. The van der Waals surface area contributed by atoms with Crippen molar-refractivity contribution in [3.05, 3.63) is 66.2 Å². The third kappa shape index (κ3) is 3.85. The Morgan fingerprint density at radius 3 is 2.59 bits per heavy atom. The number of nitrogens with zero attached hydrogens (tertiary/aromatic N) is 4. The smallest absolute Gasteiger partial charge is 0.231 e. The van der Waals surface area contributed by atoms with Crippen molar-refractivity contribution in [1.82, 2.24) is 19.9 Å². The first-order valence-electron chi connectivity index (χ1n) is 9.38. The number of rotatable bonds is 7. The third-order valence-electron chi connectivity index (χ3n) is 4.70. The summed E-state index contributed by atoms with van der Waals surface area (Å²) in [5, 5.41) is 8.50. The summed E-state index contributed by atoms with van der Waals surface area (Å²) >= 11 is 0. The van der Waals surface area contributed by atoms with Crippen LogP contribution in [0.25, 0.3) is 22.6 Å². The Morgan fingerprint density at radius 1 is 0.966 bits per heavy atom. The monoisotopic (exact) mass is 390 g/mol. The van der Waals surface area contributed by atoms with Gasteiger partial charge in [0.15, 0.2) is 11.5 Å². The molecule has 0 saturated carbocycles. The molecule has 0 saturated heterocycles. The van der Waals surface area contributed by atoms with Gasteiger partial charge in [-0.05, 0) is 36.8 Å². The van der Waals surface area contributed by atoms with E-state index in [0.29, 0.717) is 29.6 Å². The van der Waals surface area contributed by atoms with Crippen molar-refractivity contribution in [3.63, 3.8) is 0 Å². The predicted octanol–water partition coefficient (Wildman–Crippen LogP) is 4.23. The minimum atomic E-state index is 0.510. The summed E-state index contributed by atoms with van der Waals surface area (Å²) in [4.78, 5) is 4.57. The fourth-order valence-corrected chi connectivity index (χ4v) is 3.26. The SMILES string of the molecule is CCn1nccc1-c1cccc(-c2noc(Cc3ccc(OC)c(OC)c3)n2)c1. The van der Waals surface area contributed by atoms with Gasteiger partial charge in [0, 0.05) is 23.9 Å². The van der Waals surface area contributed by atoms with Crippen LogP contribution in [0.1, 0.15) is 18.4 Å². The highest BCUT2D eigenvalue weighted by atomic mass is 16.5. The standard InChI is InChI=1S/C22H22N4O3/c1-4-26-18(10-11-23-26)16-6-5-7-17(14-16)22-24-21(29-25-22)13-15-8-9-19(27-2)20(12-15)28-3/h5-12,14H,4,13H2,1-3H3. The minimum Gasteiger partial charge on any atom is -0.493 e. The number of benzene rings is 2.